The minimum absolute atomic E-state index is 0.0392. The lowest BCUT2D eigenvalue weighted by Gasteiger charge is -2.33. The van der Waals surface area contributed by atoms with Gasteiger partial charge in [0.25, 0.3) is 0 Å². The summed E-state index contributed by atoms with van der Waals surface area (Å²) in [5.41, 5.74) is 7.35. The third-order valence-corrected chi connectivity index (χ3v) is 7.85. The quantitative estimate of drug-likeness (QED) is 0.262. The van der Waals surface area contributed by atoms with Gasteiger partial charge in [0, 0.05) is 18.0 Å². The zero-order chi connectivity index (χ0) is 26.2. The lowest BCUT2D eigenvalue weighted by molar-refractivity contribution is 0.541. The maximum Gasteiger partial charge on any atom is 0.202 e. The second-order valence-electron chi connectivity index (χ2n) is 10.7. The lowest BCUT2D eigenvalue weighted by atomic mass is 9.32. The highest BCUT2D eigenvalue weighted by Gasteiger charge is 2.36. The van der Waals surface area contributed by atoms with E-state index in [1.165, 1.54) is 18.1 Å². The van der Waals surface area contributed by atoms with Gasteiger partial charge >= 0.3 is 0 Å². The van der Waals surface area contributed by atoms with Crippen LogP contribution in [0.15, 0.2) is 88.7 Å². The summed E-state index contributed by atoms with van der Waals surface area (Å²) in [5.74, 6) is 0.415. The second kappa shape index (κ2) is 13.2. The van der Waals surface area contributed by atoms with Gasteiger partial charge in [-0.05, 0) is 93.6 Å². The standard InChI is InChI=1S/C32H42BF2N/c1-7-22(3)18-26(12-11-24(5)34)21-29-10-9-15-33(25(29)6)30-20-23(4)19-27(8-2)31(32(30)35)28-13-16-36-17-14-28/h11-14,16-18,23,29H,6-10,15,19-21H2,1-5H3/b22-18+,24-11+,26-12+. The minimum Gasteiger partial charge on any atom is -0.265 e. The van der Waals surface area contributed by atoms with Crippen molar-refractivity contribution in [3.63, 3.8) is 0 Å². The second-order valence-corrected chi connectivity index (χ2v) is 10.7. The Kier molecular flexibility index (Phi) is 10.3. The molecule has 0 saturated carbocycles. The highest BCUT2D eigenvalue weighted by Crippen LogP contribution is 2.44. The first-order valence-electron chi connectivity index (χ1n) is 13.6. The molecule has 1 fully saturated rings. The molecule has 0 bridgehead atoms. The summed E-state index contributed by atoms with van der Waals surface area (Å²) in [6.45, 7) is 14.7. The van der Waals surface area contributed by atoms with Crippen molar-refractivity contribution in [1.82, 2.24) is 4.98 Å². The van der Waals surface area contributed by atoms with Gasteiger partial charge in [-0.15, -0.1) is 6.58 Å². The van der Waals surface area contributed by atoms with Crippen LogP contribution >= 0.6 is 0 Å². The van der Waals surface area contributed by atoms with Crippen LogP contribution in [-0.4, -0.2) is 11.7 Å². The third kappa shape index (κ3) is 7.05. The Labute approximate surface area is 218 Å². The van der Waals surface area contributed by atoms with Crippen molar-refractivity contribution in [1.29, 1.82) is 0 Å². The van der Waals surface area contributed by atoms with Gasteiger partial charge in [-0.25, -0.2) is 8.78 Å². The molecule has 0 spiro atoms. The number of aromatic nitrogens is 1. The van der Waals surface area contributed by atoms with Gasteiger partial charge in [-0.1, -0.05) is 67.8 Å². The van der Waals surface area contributed by atoms with Crippen molar-refractivity contribution in [2.75, 3.05) is 0 Å². The molecule has 0 N–H and O–H groups in total. The van der Waals surface area contributed by atoms with Crippen LogP contribution in [0.4, 0.5) is 8.78 Å². The number of nitrogens with zero attached hydrogens (tertiary/aromatic N) is 1. The number of hydrogen-bond donors (Lipinski definition) is 0. The number of rotatable bonds is 8. The molecular formula is C32H42BF2N. The SMILES string of the molecule is C=C1B(C2=C(F)C(c3ccncc3)=C(CC)CC(C)C2)CCCC1CC(=C/C=C(\C)F)/C=C(\C)CC. The molecule has 192 valence electrons. The van der Waals surface area contributed by atoms with Crippen LogP contribution in [0, 0.1) is 11.8 Å². The van der Waals surface area contributed by atoms with E-state index in [-0.39, 0.29) is 24.3 Å². The van der Waals surface area contributed by atoms with Crippen molar-refractivity contribution < 1.29 is 8.78 Å². The molecule has 1 saturated heterocycles. The first-order valence-corrected chi connectivity index (χ1v) is 13.6. The Bertz CT molecular complexity index is 1090. The molecular weight excluding hydrogens is 447 g/mol. The Balaban J connectivity index is 1.99. The van der Waals surface area contributed by atoms with Gasteiger partial charge in [-0.3, -0.25) is 4.98 Å². The monoisotopic (exact) mass is 489 g/mol. The number of halogens is 2. The first-order chi connectivity index (χ1) is 17.2. The highest BCUT2D eigenvalue weighted by molar-refractivity contribution is 6.74. The maximum absolute atomic E-state index is 16.5. The van der Waals surface area contributed by atoms with Crippen molar-refractivity contribution >= 4 is 12.3 Å². The molecule has 2 atom stereocenters. The fraction of sp³-hybridized carbons (Fsp3) is 0.469. The first kappa shape index (κ1) is 28.1. The zero-order valence-electron chi connectivity index (χ0n) is 22.8. The Morgan fingerprint density at radius 2 is 1.89 bits per heavy atom. The molecule has 36 heavy (non-hydrogen) atoms. The topological polar surface area (TPSA) is 12.9 Å². The van der Waals surface area contributed by atoms with Crippen LogP contribution in [0.2, 0.25) is 6.32 Å². The molecule has 0 amide bonds. The Morgan fingerprint density at radius 3 is 2.53 bits per heavy atom. The van der Waals surface area contributed by atoms with Crippen molar-refractivity contribution in [2.24, 2.45) is 11.8 Å². The van der Waals surface area contributed by atoms with Crippen molar-refractivity contribution in [3.8, 4) is 0 Å². The van der Waals surface area contributed by atoms with Crippen LogP contribution in [0.1, 0.15) is 85.1 Å². The Morgan fingerprint density at radius 1 is 1.17 bits per heavy atom. The normalized spacial score (nSPS) is 22.9. The van der Waals surface area contributed by atoms with Gasteiger partial charge < -0.3 is 0 Å². The van der Waals surface area contributed by atoms with E-state index in [9.17, 15) is 4.39 Å². The van der Waals surface area contributed by atoms with Crippen LogP contribution in [0.3, 0.4) is 0 Å². The fourth-order valence-electron chi connectivity index (χ4n) is 5.80. The fourth-order valence-corrected chi connectivity index (χ4v) is 5.80. The highest BCUT2D eigenvalue weighted by atomic mass is 19.1. The van der Waals surface area contributed by atoms with E-state index in [0.717, 1.165) is 78.9 Å². The predicted molar refractivity (Wildman–Crippen MR) is 152 cm³/mol. The van der Waals surface area contributed by atoms with Gasteiger partial charge in [0.1, 0.15) is 5.83 Å². The van der Waals surface area contributed by atoms with E-state index in [1.54, 1.807) is 18.5 Å². The molecule has 1 aromatic heterocycles. The summed E-state index contributed by atoms with van der Waals surface area (Å²) in [4.78, 5) is 4.15. The van der Waals surface area contributed by atoms with Gasteiger partial charge in [-0.2, -0.15) is 0 Å². The van der Waals surface area contributed by atoms with Crippen molar-refractivity contribution in [2.45, 2.75) is 85.9 Å². The molecule has 1 aromatic rings. The molecule has 2 unspecified atom stereocenters. The van der Waals surface area contributed by atoms with Gasteiger partial charge in [0.2, 0.25) is 6.71 Å². The number of hydrogen-bond acceptors (Lipinski definition) is 1. The molecule has 1 nitrogen and oxygen atoms in total. The molecule has 2 heterocycles. The summed E-state index contributed by atoms with van der Waals surface area (Å²) in [6, 6.07) is 3.85. The van der Waals surface area contributed by atoms with Crippen LogP contribution in [0.25, 0.3) is 5.57 Å². The van der Waals surface area contributed by atoms with E-state index < -0.39 is 0 Å². The zero-order valence-corrected chi connectivity index (χ0v) is 22.8. The molecule has 1 aliphatic carbocycles. The largest absolute Gasteiger partial charge is 0.265 e. The van der Waals surface area contributed by atoms with Gasteiger partial charge in [0.05, 0.1) is 5.83 Å². The van der Waals surface area contributed by atoms with Crippen LogP contribution in [-0.2, 0) is 0 Å². The van der Waals surface area contributed by atoms with E-state index >= 15 is 4.39 Å². The van der Waals surface area contributed by atoms with Gasteiger partial charge in [0.15, 0.2) is 0 Å². The van der Waals surface area contributed by atoms with E-state index in [2.05, 4.69) is 45.3 Å². The minimum atomic E-state index is -0.197. The Hall–Kier alpha value is -2.49. The molecule has 4 heteroatoms. The molecule has 0 radical (unpaired) electrons. The summed E-state index contributed by atoms with van der Waals surface area (Å²) in [6.07, 6.45) is 16.5. The summed E-state index contributed by atoms with van der Waals surface area (Å²) in [7, 11) is 0. The molecule has 3 rings (SSSR count). The van der Waals surface area contributed by atoms with Crippen LogP contribution < -0.4 is 0 Å². The third-order valence-electron chi connectivity index (χ3n) is 7.85. The van der Waals surface area contributed by atoms with Crippen LogP contribution in [0.5, 0.6) is 0 Å². The molecule has 0 aromatic carbocycles. The summed E-state index contributed by atoms with van der Waals surface area (Å²) >= 11 is 0. The summed E-state index contributed by atoms with van der Waals surface area (Å²) in [5, 5.41) is 0. The molecule has 1 aliphatic heterocycles. The predicted octanol–water partition coefficient (Wildman–Crippen LogP) is 9.98. The number of pyridine rings is 1. The van der Waals surface area contributed by atoms with E-state index in [4.69, 9.17) is 0 Å². The summed E-state index contributed by atoms with van der Waals surface area (Å²) < 4.78 is 30.1. The maximum atomic E-state index is 16.5. The van der Waals surface area contributed by atoms with E-state index in [1.807, 2.05) is 18.2 Å². The smallest absolute Gasteiger partial charge is 0.202 e. The van der Waals surface area contributed by atoms with Crippen molar-refractivity contribution in [3.05, 3.63) is 94.2 Å². The average Bonchev–Trinajstić information content (AvgIpc) is 2.99. The average molecular weight is 490 g/mol. The number of allylic oxidation sites excluding steroid dienone is 11. The molecule has 2 aliphatic rings. The lowest BCUT2D eigenvalue weighted by Crippen LogP contribution is -2.30. The van der Waals surface area contributed by atoms with E-state index in [0.29, 0.717) is 5.92 Å².